The number of hydrogen-bond donors (Lipinski definition) is 0. The van der Waals surface area contributed by atoms with E-state index in [1.165, 1.54) is 0 Å². The maximum absolute atomic E-state index is 12.5. The van der Waals surface area contributed by atoms with Crippen molar-refractivity contribution in [3.63, 3.8) is 0 Å². The van der Waals surface area contributed by atoms with Crippen molar-refractivity contribution in [1.82, 2.24) is 4.90 Å². The summed E-state index contributed by atoms with van der Waals surface area (Å²) in [6, 6.07) is 8.37. The Kier molecular flexibility index (Phi) is 5.87. The van der Waals surface area contributed by atoms with Crippen LogP contribution in [-0.4, -0.2) is 30.1 Å². The van der Waals surface area contributed by atoms with Gasteiger partial charge >= 0.3 is 6.18 Å². The molecule has 0 aliphatic rings. The molecule has 0 saturated carbocycles. The van der Waals surface area contributed by atoms with Crippen LogP contribution in [0.25, 0.3) is 0 Å². The van der Waals surface area contributed by atoms with Crippen molar-refractivity contribution in [2.75, 3.05) is 13.1 Å². The highest BCUT2D eigenvalue weighted by atomic mass is 35.5. The zero-order valence-electron chi connectivity index (χ0n) is 11.3. The molecular weight excluding hydrogens is 291 g/mol. The number of rotatable bonds is 5. The molecular formula is C14H17ClF3NO. The van der Waals surface area contributed by atoms with Gasteiger partial charge in [0, 0.05) is 6.54 Å². The highest BCUT2D eigenvalue weighted by molar-refractivity contribution is 6.30. The average molecular weight is 308 g/mol. The monoisotopic (exact) mass is 307 g/mol. The van der Waals surface area contributed by atoms with Gasteiger partial charge in [-0.05, 0) is 11.5 Å². The van der Waals surface area contributed by atoms with Crippen LogP contribution in [0.4, 0.5) is 13.2 Å². The molecule has 0 radical (unpaired) electrons. The third kappa shape index (κ3) is 5.41. The summed E-state index contributed by atoms with van der Waals surface area (Å²) < 4.78 is 37.6. The lowest BCUT2D eigenvalue weighted by atomic mass is 10.1. The van der Waals surface area contributed by atoms with Crippen LogP contribution >= 0.6 is 11.6 Å². The van der Waals surface area contributed by atoms with Gasteiger partial charge in [-0.3, -0.25) is 4.79 Å². The Morgan fingerprint density at radius 1 is 1.25 bits per heavy atom. The van der Waals surface area contributed by atoms with E-state index in [1.807, 2.05) is 0 Å². The molecule has 2 nitrogen and oxygen atoms in total. The minimum Gasteiger partial charge on any atom is -0.332 e. The van der Waals surface area contributed by atoms with Crippen molar-refractivity contribution in [1.29, 1.82) is 0 Å². The van der Waals surface area contributed by atoms with E-state index >= 15 is 0 Å². The second-order valence-electron chi connectivity index (χ2n) is 5.00. The van der Waals surface area contributed by atoms with E-state index in [0.29, 0.717) is 5.56 Å². The summed E-state index contributed by atoms with van der Waals surface area (Å²) >= 11 is 6.01. The van der Waals surface area contributed by atoms with Gasteiger partial charge in [-0.15, -0.1) is 11.6 Å². The lowest BCUT2D eigenvalue weighted by Gasteiger charge is -2.27. The maximum atomic E-state index is 12.5. The predicted molar refractivity (Wildman–Crippen MR) is 72.5 cm³/mol. The Morgan fingerprint density at radius 3 is 2.25 bits per heavy atom. The fourth-order valence-electron chi connectivity index (χ4n) is 1.81. The number of nitrogens with zero attached hydrogens (tertiary/aromatic N) is 1. The number of carbonyl (C=O) groups is 1. The molecule has 1 atom stereocenters. The van der Waals surface area contributed by atoms with Gasteiger partial charge in [-0.25, -0.2) is 0 Å². The molecule has 0 aliphatic carbocycles. The summed E-state index contributed by atoms with van der Waals surface area (Å²) in [6.07, 6.45) is -4.43. The maximum Gasteiger partial charge on any atom is 0.406 e. The van der Waals surface area contributed by atoms with Crippen molar-refractivity contribution in [3.05, 3.63) is 35.9 Å². The number of benzene rings is 1. The first-order valence-electron chi connectivity index (χ1n) is 6.25. The normalized spacial score (nSPS) is 13.3. The van der Waals surface area contributed by atoms with Crippen LogP contribution in [0.1, 0.15) is 24.8 Å². The summed E-state index contributed by atoms with van der Waals surface area (Å²) in [5, 5.41) is -1.10. The van der Waals surface area contributed by atoms with Crippen LogP contribution in [-0.2, 0) is 4.79 Å². The highest BCUT2D eigenvalue weighted by Crippen LogP contribution is 2.25. The van der Waals surface area contributed by atoms with Crippen LogP contribution in [0.15, 0.2) is 30.3 Å². The number of alkyl halides is 4. The van der Waals surface area contributed by atoms with Crippen molar-refractivity contribution in [2.45, 2.75) is 25.4 Å². The molecule has 6 heteroatoms. The lowest BCUT2D eigenvalue weighted by Crippen LogP contribution is -2.42. The van der Waals surface area contributed by atoms with Crippen LogP contribution in [0, 0.1) is 5.92 Å². The van der Waals surface area contributed by atoms with E-state index in [1.54, 1.807) is 44.2 Å². The number of amides is 1. The molecule has 0 bridgehead atoms. The molecule has 1 rings (SSSR count). The topological polar surface area (TPSA) is 20.3 Å². The smallest absolute Gasteiger partial charge is 0.332 e. The molecule has 0 fully saturated rings. The summed E-state index contributed by atoms with van der Waals surface area (Å²) in [7, 11) is 0. The molecule has 0 aromatic heterocycles. The first kappa shape index (κ1) is 16.8. The summed E-state index contributed by atoms with van der Waals surface area (Å²) in [6.45, 7) is 2.25. The van der Waals surface area contributed by atoms with E-state index in [9.17, 15) is 18.0 Å². The molecule has 1 amide bonds. The lowest BCUT2D eigenvalue weighted by molar-refractivity contribution is -0.162. The first-order chi connectivity index (χ1) is 9.20. The Balaban J connectivity index is 2.87. The summed E-state index contributed by atoms with van der Waals surface area (Å²) in [4.78, 5) is 12.9. The second kappa shape index (κ2) is 6.97. The fourth-order valence-corrected chi connectivity index (χ4v) is 2.10. The first-order valence-corrected chi connectivity index (χ1v) is 6.69. The zero-order chi connectivity index (χ0) is 15.3. The molecule has 1 unspecified atom stereocenters. The van der Waals surface area contributed by atoms with Gasteiger partial charge < -0.3 is 4.90 Å². The van der Waals surface area contributed by atoms with E-state index < -0.39 is 24.0 Å². The molecule has 0 spiro atoms. The minimum absolute atomic E-state index is 0.0222. The quantitative estimate of drug-likeness (QED) is 0.753. The van der Waals surface area contributed by atoms with Crippen molar-refractivity contribution >= 4 is 17.5 Å². The highest BCUT2D eigenvalue weighted by Gasteiger charge is 2.35. The number of carbonyl (C=O) groups excluding carboxylic acids is 1. The second-order valence-corrected chi connectivity index (χ2v) is 5.44. The largest absolute Gasteiger partial charge is 0.406 e. The van der Waals surface area contributed by atoms with Gasteiger partial charge in [0.1, 0.15) is 11.9 Å². The van der Waals surface area contributed by atoms with E-state index in [4.69, 9.17) is 11.6 Å². The Morgan fingerprint density at radius 2 is 1.80 bits per heavy atom. The van der Waals surface area contributed by atoms with Crippen molar-refractivity contribution < 1.29 is 18.0 Å². The Labute approximate surface area is 121 Å². The van der Waals surface area contributed by atoms with E-state index in [0.717, 1.165) is 4.90 Å². The Bertz CT molecular complexity index is 434. The van der Waals surface area contributed by atoms with Gasteiger partial charge in [0.2, 0.25) is 5.91 Å². The van der Waals surface area contributed by atoms with E-state index in [2.05, 4.69) is 0 Å². The van der Waals surface area contributed by atoms with Gasteiger partial charge in [0.05, 0.1) is 0 Å². The van der Waals surface area contributed by atoms with E-state index in [-0.39, 0.29) is 12.5 Å². The molecule has 0 aliphatic heterocycles. The molecule has 1 aromatic carbocycles. The van der Waals surface area contributed by atoms with Crippen LogP contribution in [0.3, 0.4) is 0 Å². The van der Waals surface area contributed by atoms with Crippen LogP contribution in [0.5, 0.6) is 0 Å². The predicted octanol–water partition coefficient (Wildman–Crippen LogP) is 4.01. The molecule has 20 heavy (non-hydrogen) atoms. The molecule has 0 saturated heterocycles. The minimum atomic E-state index is -4.43. The average Bonchev–Trinajstić information content (AvgIpc) is 2.35. The molecule has 0 N–H and O–H groups in total. The van der Waals surface area contributed by atoms with Crippen molar-refractivity contribution in [3.8, 4) is 0 Å². The van der Waals surface area contributed by atoms with Crippen LogP contribution in [0.2, 0.25) is 0 Å². The number of halogens is 4. The fraction of sp³-hybridized carbons (Fsp3) is 0.500. The van der Waals surface area contributed by atoms with Gasteiger partial charge in [-0.1, -0.05) is 44.2 Å². The molecule has 112 valence electrons. The zero-order valence-corrected chi connectivity index (χ0v) is 12.1. The van der Waals surface area contributed by atoms with Crippen molar-refractivity contribution in [2.24, 2.45) is 5.92 Å². The Hall–Kier alpha value is -1.23. The third-order valence-electron chi connectivity index (χ3n) is 2.58. The van der Waals surface area contributed by atoms with Gasteiger partial charge in [0.25, 0.3) is 0 Å². The molecule has 1 aromatic rings. The standard InChI is InChI=1S/C14H17ClF3NO/c1-10(2)8-19(9-14(16,17)18)13(20)12(15)11-6-4-3-5-7-11/h3-7,10,12H,8-9H2,1-2H3. The molecule has 0 heterocycles. The van der Waals surface area contributed by atoms with Gasteiger partial charge in [0.15, 0.2) is 0 Å². The SMILES string of the molecule is CC(C)CN(CC(F)(F)F)C(=O)C(Cl)c1ccccc1. The number of hydrogen-bond acceptors (Lipinski definition) is 1. The summed E-state index contributed by atoms with van der Waals surface area (Å²) in [5.41, 5.74) is 0.495. The summed E-state index contributed by atoms with van der Waals surface area (Å²) in [5.74, 6) is -0.787. The van der Waals surface area contributed by atoms with Gasteiger partial charge in [-0.2, -0.15) is 13.2 Å². The van der Waals surface area contributed by atoms with Crippen LogP contribution < -0.4 is 0 Å². The third-order valence-corrected chi connectivity index (χ3v) is 3.02.